The molecule has 4 nitrogen and oxygen atoms in total. The molecule has 0 bridgehead atoms. The normalized spacial score (nSPS) is 23.9. The van der Waals surface area contributed by atoms with Crippen LogP contribution in [0.25, 0.3) is 0 Å². The molecular weight excluding hydrogens is 230 g/mol. The van der Waals surface area contributed by atoms with Gasteiger partial charge in [0.1, 0.15) is 0 Å². The van der Waals surface area contributed by atoms with Gasteiger partial charge >= 0.3 is 6.09 Å². The fraction of sp³-hybridized carbons (Fsp3) is 0.500. The van der Waals surface area contributed by atoms with Gasteiger partial charge in [-0.3, -0.25) is 0 Å². The number of amides is 1. The molecule has 2 rings (SSSR count). The molecular formula is C14H19NO3. The molecule has 1 fully saturated rings. The Morgan fingerprint density at radius 2 is 2.06 bits per heavy atom. The lowest BCUT2D eigenvalue weighted by atomic mass is 9.88. The van der Waals surface area contributed by atoms with E-state index in [1.54, 1.807) is 0 Å². The van der Waals surface area contributed by atoms with Crippen LogP contribution in [-0.4, -0.2) is 40.4 Å². The maximum absolute atomic E-state index is 10.8. The van der Waals surface area contributed by atoms with Gasteiger partial charge in [0, 0.05) is 6.54 Å². The molecule has 0 aliphatic carbocycles. The number of aryl methyl sites for hydroxylation is 1. The van der Waals surface area contributed by atoms with Crippen LogP contribution in [-0.2, 0) is 6.42 Å². The summed E-state index contributed by atoms with van der Waals surface area (Å²) in [4.78, 5) is 12.1. The van der Waals surface area contributed by atoms with Crippen LogP contribution in [0.2, 0.25) is 0 Å². The van der Waals surface area contributed by atoms with Crippen LogP contribution in [0.4, 0.5) is 4.79 Å². The molecule has 2 atom stereocenters. The van der Waals surface area contributed by atoms with E-state index in [0.717, 1.165) is 19.3 Å². The molecule has 18 heavy (non-hydrogen) atoms. The molecule has 1 amide bonds. The van der Waals surface area contributed by atoms with E-state index in [2.05, 4.69) is 12.1 Å². The second kappa shape index (κ2) is 5.87. The largest absolute Gasteiger partial charge is 0.465 e. The second-order valence-corrected chi connectivity index (χ2v) is 4.87. The number of β-amino-alcohol motifs (C(OH)–C–C–N with tert-alkyl or cyclic N) is 1. The van der Waals surface area contributed by atoms with E-state index in [-0.39, 0.29) is 12.5 Å². The minimum absolute atomic E-state index is 0.209. The van der Waals surface area contributed by atoms with Crippen molar-refractivity contribution in [1.29, 1.82) is 0 Å². The van der Waals surface area contributed by atoms with Crippen molar-refractivity contribution < 1.29 is 15.0 Å². The van der Waals surface area contributed by atoms with Crippen LogP contribution in [0.5, 0.6) is 0 Å². The number of aliphatic hydroxyl groups is 1. The highest BCUT2D eigenvalue weighted by atomic mass is 16.4. The summed E-state index contributed by atoms with van der Waals surface area (Å²) in [5.41, 5.74) is 1.27. The number of carboxylic acid groups (broad SMARTS) is 1. The quantitative estimate of drug-likeness (QED) is 0.861. The summed E-state index contributed by atoms with van der Waals surface area (Å²) in [5, 5.41) is 18.8. The molecule has 0 aromatic heterocycles. The average molecular weight is 249 g/mol. The number of aliphatic hydroxyl groups excluding tert-OH is 1. The van der Waals surface area contributed by atoms with Crippen LogP contribution in [0.3, 0.4) is 0 Å². The fourth-order valence-corrected chi connectivity index (χ4v) is 2.49. The van der Waals surface area contributed by atoms with E-state index in [0.29, 0.717) is 6.54 Å². The van der Waals surface area contributed by atoms with Gasteiger partial charge in [-0.25, -0.2) is 4.79 Å². The topological polar surface area (TPSA) is 60.8 Å². The fourth-order valence-electron chi connectivity index (χ4n) is 2.49. The predicted octanol–water partition coefficient (Wildman–Crippen LogP) is 1.98. The van der Waals surface area contributed by atoms with Crippen LogP contribution in [0.1, 0.15) is 18.4 Å². The van der Waals surface area contributed by atoms with E-state index in [1.807, 2.05) is 18.2 Å². The van der Waals surface area contributed by atoms with Gasteiger partial charge in [-0.1, -0.05) is 30.3 Å². The van der Waals surface area contributed by atoms with Gasteiger partial charge in [0.15, 0.2) is 0 Å². The first kappa shape index (κ1) is 12.9. The molecule has 98 valence electrons. The Bertz CT molecular complexity index is 393. The van der Waals surface area contributed by atoms with Gasteiger partial charge in [-0.05, 0) is 30.7 Å². The molecule has 0 unspecified atom stereocenters. The number of carbonyl (C=O) groups is 1. The lowest BCUT2D eigenvalue weighted by Crippen LogP contribution is -2.46. The summed E-state index contributed by atoms with van der Waals surface area (Å²) in [7, 11) is 0. The van der Waals surface area contributed by atoms with Crippen molar-refractivity contribution in [2.24, 2.45) is 5.92 Å². The highest BCUT2D eigenvalue weighted by Crippen LogP contribution is 2.23. The van der Waals surface area contributed by atoms with Crippen LogP contribution >= 0.6 is 0 Å². The molecule has 2 N–H and O–H groups in total. The molecule has 1 aliphatic heterocycles. The molecule has 0 radical (unpaired) electrons. The summed E-state index contributed by atoms with van der Waals surface area (Å²) in [6.07, 6.45) is 1.14. The zero-order chi connectivity index (χ0) is 13.0. The molecule has 0 spiro atoms. The standard InChI is InChI=1S/C14H19NO3/c16-13-10-15(14(17)18)9-8-12(13)7-6-11-4-2-1-3-5-11/h1-5,12-13,16H,6-10H2,(H,17,18)/t12-,13+/m0/s1. The third-order valence-corrected chi connectivity index (χ3v) is 3.64. The minimum Gasteiger partial charge on any atom is -0.465 e. The van der Waals surface area contributed by atoms with E-state index in [1.165, 1.54) is 10.5 Å². The summed E-state index contributed by atoms with van der Waals surface area (Å²) < 4.78 is 0. The van der Waals surface area contributed by atoms with Crippen molar-refractivity contribution in [2.45, 2.75) is 25.4 Å². The van der Waals surface area contributed by atoms with Gasteiger partial charge in [0.25, 0.3) is 0 Å². The van der Waals surface area contributed by atoms with E-state index in [9.17, 15) is 9.90 Å². The van der Waals surface area contributed by atoms with Crippen molar-refractivity contribution >= 4 is 6.09 Å². The maximum atomic E-state index is 10.8. The first-order chi connectivity index (χ1) is 8.66. The number of rotatable bonds is 3. The molecule has 4 heteroatoms. The Labute approximate surface area is 107 Å². The van der Waals surface area contributed by atoms with E-state index >= 15 is 0 Å². The Hall–Kier alpha value is -1.55. The molecule has 1 aromatic rings. The highest BCUT2D eigenvalue weighted by Gasteiger charge is 2.29. The summed E-state index contributed by atoms with van der Waals surface area (Å²) in [6, 6.07) is 10.2. The summed E-state index contributed by atoms with van der Waals surface area (Å²) in [5.74, 6) is 0.209. The molecule has 1 aliphatic rings. The third-order valence-electron chi connectivity index (χ3n) is 3.64. The number of hydrogen-bond acceptors (Lipinski definition) is 2. The number of benzene rings is 1. The number of piperidine rings is 1. The van der Waals surface area contributed by atoms with Crippen molar-refractivity contribution in [3.63, 3.8) is 0 Å². The zero-order valence-electron chi connectivity index (χ0n) is 10.3. The average Bonchev–Trinajstić information content (AvgIpc) is 2.38. The highest BCUT2D eigenvalue weighted by molar-refractivity contribution is 5.65. The molecule has 1 aromatic carbocycles. The first-order valence-electron chi connectivity index (χ1n) is 6.36. The van der Waals surface area contributed by atoms with Crippen LogP contribution in [0.15, 0.2) is 30.3 Å². The third kappa shape index (κ3) is 3.23. The molecule has 0 saturated carbocycles. The maximum Gasteiger partial charge on any atom is 0.407 e. The van der Waals surface area contributed by atoms with Crippen LogP contribution < -0.4 is 0 Å². The molecule has 1 saturated heterocycles. The van der Waals surface area contributed by atoms with E-state index in [4.69, 9.17) is 5.11 Å². The monoisotopic (exact) mass is 249 g/mol. The van der Waals surface area contributed by atoms with Gasteiger partial charge < -0.3 is 15.1 Å². The number of likely N-dealkylation sites (tertiary alicyclic amines) is 1. The predicted molar refractivity (Wildman–Crippen MR) is 68.5 cm³/mol. The number of nitrogens with zero attached hydrogens (tertiary/aromatic N) is 1. The van der Waals surface area contributed by atoms with Crippen LogP contribution in [0, 0.1) is 5.92 Å². The summed E-state index contributed by atoms with van der Waals surface area (Å²) in [6.45, 7) is 0.778. The minimum atomic E-state index is -0.935. The van der Waals surface area contributed by atoms with Gasteiger partial charge in [0.05, 0.1) is 12.6 Å². The van der Waals surface area contributed by atoms with Gasteiger partial charge in [0.2, 0.25) is 0 Å². The Kier molecular flexibility index (Phi) is 4.20. The van der Waals surface area contributed by atoms with Crippen molar-refractivity contribution in [2.75, 3.05) is 13.1 Å². The van der Waals surface area contributed by atoms with Crippen molar-refractivity contribution in [1.82, 2.24) is 4.90 Å². The van der Waals surface area contributed by atoms with E-state index < -0.39 is 12.2 Å². The summed E-state index contributed by atoms with van der Waals surface area (Å²) >= 11 is 0. The Morgan fingerprint density at radius 1 is 1.33 bits per heavy atom. The van der Waals surface area contributed by atoms with Crippen molar-refractivity contribution in [3.8, 4) is 0 Å². The number of hydrogen-bond donors (Lipinski definition) is 2. The Morgan fingerprint density at radius 3 is 2.67 bits per heavy atom. The Balaban J connectivity index is 1.83. The smallest absolute Gasteiger partial charge is 0.407 e. The van der Waals surface area contributed by atoms with Crippen molar-refractivity contribution in [3.05, 3.63) is 35.9 Å². The van der Waals surface area contributed by atoms with Gasteiger partial charge in [-0.2, -0.15) is 0 Å². The second-order valence-electron chi connectivity index (χ2n) is 4.87. The zero-order valence-corrected chi connectivity index (χ0v) is 10.3. The van der Waals surface area contributed by atoms with Gasteiger partial charge in [-0.15, -0.1) is 0 Å². The lowest BCUT2D eigenvalue weighted by molar-refractivity contribution is 0.0218. The lowest BCUT2D eigenvalue weighted by Gasteiger charge is -2.34. The first-order valence-corrected chi connectivity index (χ1v) is 6.36. The molecule has 1 heterocycles. The SMILES string of the molecule is O=C(O)N1CC[C@H](CCc2ccccc2)[C@H](O)C1.